The molecule has 2 heterocycles. The van der Waals surface area contributed by atoms with Crippen molar-refractivity contribution in [2.75, 3.05) is 13.1 Å². The fourth-order valence-corrected chi connectivity index (χ4v) is 6.64. The Hall–Kier alpha value is -1.25. The molecular formula is C21H29NO2. The molecule has 1 aromatic heterocycles. The minimum atomic E-state index is 0.201. The second kappa shape index (κ2) is 5.37. The van der Waals surface area contributed by atoms with Crippen molar-refractivity contribution in [1.29, 1.82) is 0 Å². The first-order valence-electron chi connectivity index (χ1n) is 10.0. The summed E-state index contributed by atoms with van der Waals surface area (Å²) in [5.74, 6) is 4.90. The maximum atomic E-state index is 12.9. The highest BCUT2D eigenvalue weighted by Crippen LogP contribution is 2.61. The Morgan fingerprint density at radius 2 is 1.62 bits per heavy atom. The minimum Gasteiger partial charge on any atom is -0.465 e. The van der Waals surface area contributed by atoms with Gasteiger partial charge in [0.2, 0.25) is 0 Å². The van der Waals surface area contributed by atoms with Gasteiger partial charge in [-0.1, -0.05) is 0 Å². The van der Waals surface area contributed by atoms with E-state index in [-0.39, 0.29) is 11.3 Å². The van der Waals surface area contributed by atoms with Crippen molar-refractivity contribution in [3.8, 4) is 0 Å². The predicted molar refractivity (Wildman–Crippen MR) is 93.0 cm³/mol. The zero-order valence-electron chi connectivity index (χ0n) is 14.9. The average molecular weight is 327 g/mol. The third-order valence-corrected chi connectivity index (χ3v) is 7.35. The van der Waals surface area contributed by atoms with Crippen LogP contribution in [0.1, 0.15) is 79.7 Å². The first-order chi connectivity index (χ1) is 11.6. The highest BCUT2D eigenvalue weighted by atomic mass is 16.3. The molecule has 6 rings (SSSR count). The van der Waals surface area contributed by atoms with Crippen molar-refractivity contribution in [3.63, 3.8) is 0 Å². The molecular weight excluding hydrogens is 298 g/mol. The largest absolute Gasteiger partial charge is 0.465 e. The van der Waals surface area contributed by atoms with Crippen LogP contribution < -0.4 is 0 Å². The summed E-state index contributed by atoms with van der Waals surface area (Å²) < 4.78 is 6.26. The van der Waals surface area contributed by atoms with Crippen LogP contribution in [0, 0.1) is 24.7 Å². The maximum absolute atomic E-state index is 12.9. The topological polar surface area (TPSA) is 33.5 Å². The lowest BCUT2D eigenvalue weighted by atomic mass is 9.49. The molecule has 130 valence electrons. The van der Waals surface area contributed by atoms with E-state index in [2.05, 4.69) is 6.07 Å². The van der Waals surface area contributed by atoms with E-state index in [1.165, 1.54) is 44.9 Å². The lowest BCUT2D eigenvalue weighted by molar-refractivity contribution is -0.0154. The van der Waals surface area contributed by atoms with E-state index in [4.69, 9.17) is 4.42 Å². The van der Waals surface area contributed by atoms with E-state index in [0.717, 1.165) is 60.8 Å². The number of amides is 1. The molecule has 0 aromatic carbocycles. The summed E-state index contributed by atoms with van der Waals surface area (Å²) in [5, 5.41) is 0. The van der Waals surface area contributed by atoms with Gasteiger partial charge in [0.25, 0.3) is 5.91 Å². The van der Waals surface area contributed by atoms with Gasteiger partial charge in [0.05, 0.1) is 5.56 Å². The van der Waals surface area contributed by atoms with Crippen molar-refractivity contribution < 1.29 is 9.21 Å². The van der Waals surface area contributed by atoms with Crippen LogP contribution in [0.5, 0.6) is 0 Å². The zero-order valence-corrected chi connectivity index (χ0v) is 14.9. The highest BCUT2D eigenvalue weighted by Gasteiger charge is 2.53. The zero-order chi connectivity index (χ0) is 16.3. The number of aryl methyl sites for hydroxylation is 1. The second-order valence-corrected chi connectivity index (χ2v) is 9.13. The summed E-state index contributed by atoms with van der Waals surface area (Å²) in [6.07, 6.45) is 11.8. The van der Waals surface area contributed by atoms with Gasteiger partial charge in [-0.2, -0.15) is 0 Å². The Balaban J connectivity index is 1.45. The molecule has 4 saturated carbocycles. The van der Waals surface area contributed by atoms with Crippen LogP contribution in [0.3, 0.4) is 0 Å². The molecule has 4 aliphatic carbocycles. The lowest BCUT2D eigenvalue weighted by Crippen LogP contribution is -2.48. The molecule has 24 heavy (non-hydrogen) atoms. The summed E-state index contributed by atoms with van der Waals surface area (Å²) in [5.41, 5.74) is 1.09. The third-order valence-electron chi connectivity index (χ3n) is 7.35. The molecule has 1 aromatic rings. The Bertz CT molecular complexity index is 618. The van der Waals surface area contributed by atoms with Crippen molar-refractivity contribution in [3.05, 3.63) is 23.2 Å². The summed E-state index contributed by atoms with van der Waals surface area (Å²) in [7, 11) is 0. The summed E-state index contributed by atoms with van der Waals surface area (Å²) >= 11 is 0. The van der Waals surface area contributed by atoms with Crippen molar-refractivity contribution in [1.82, 2.24) is 4.90 Å². The van der Waals surface area contributed by atoms with E-state index < -0.39 is 0 Å². The molecule has 3 nitrogen and oxygen atoms in total. The van der Waals surface area contributed by atoms with E-state index in [9.17, 15) is 4.79 Å². The fraction of sp³-hybridized carbons (Fsp3) is 0.762. The molecule has 0 spiro atoms. The SMILES string of the molecule is Cc1oc(C23CC4CC(CC(C4)C2)C3)cc1C(=O)N1CCCCC1. The summed E-state index contributed by atoms with van der Waals surface area (Å²) in [6.45, 7) is 3.81. The molecule has 0 atom stereocenters. The number of piperidine rings is 1. The van der Waals surface area contributed by atoms with Gasteiger partial charge in [-0.25, -0.2) is 0 Å². The number of carbonyl (C=O) groups excluding carboxylic acids is 1. The van der Waals surface area contributed by atoms with E-state index >= 15 is 0 Å². The van der Waals surface area contributed by atoms with Gasteiger partial charge < -0.3 is 9.32 Å². The minimum absolute atomic E-state index is 0.201. The van der Waals surface area contributed by atoms with Crippen LogP contribution in [0.15, 0.2) is 10.5 Å². The number of furan rings is 1. The average Bonchev–Trinajstić information content (AvgIpc) is 2.96. The number of likely N-dealkylation sites (tertiary alicyclic amines) is 1. The van der Waals surface area contributed by atoms with Crippen LogP contribution in [0.4, 0.5) is 0 Å². The first kappa shape index (κ1) is 15.0. The lowest BCUT2D eigenvalue weighted by Gasteiger charge is -2.55. The summed E-state index contributed by atoms with van der Waals surface area (Å²) in [6, 6.07) is 2.14. The van der Waals surface area contributed by atoms with E-state index in [1.807, 2.05) is 11.8 Å². The first-order valence-corrected chi connectivity index (χ1v) is 10.0. The third kappa shape index (κ3) is 2.27. The molecule has 0 N–H and O–H groups in total. The van der Waals surface area contributed by atoms with Crippen LogP contribution >= 0.6 is 0 Å². The molecule has 1 aliphatic heterocycles. The number of hydrogen-bond donors (Lipinski definition) is 0. The molecule has 5 fully saturated rings. The van der Waals surface area contributed by atoms with Crippen molar-refractivity contribution >= 4 is 5.91 Å². The number of carbonyl (C=O) groups is 1. The maximum Gasteiger partial charge on any atom is 0.257 e. The highest BCUT2D eigenvalue weighted by molar-refractivity contribution is 5.95. The van der Waals surface area contributed by atoms with E-state index in [1.54, 1.807) is 0 Å². The van der Waals surface area contributed by atoms with Gasteiger partial charge >= 0.3 is 0 Å². The van der Waals surface area contributed by atoms with Crippen molar-refractivity contribution in [2.45, 2.75) is 70.1 Å². The quantitative estimate of drug-likeness (QED) is 0.790. The number of hydrogen-bond acceptors (Lipinski definition) is 2. The van der Waals surface area contributed by atoms with Crippen LogP contribution in [-0.4, -0.2) is 23.9 Å². The smallest absolute Gasteiger partial charge is 0.257 e. The standard InChI is InChI=1S/C21H29NO2/c1-14-18(20(23)22-5-3-2-4-6-22)10-19(24-14)21-11-15-7-16(12-21)9-17(8-15)13-21/h10,15-17H,2-9,11-13H2,1H3. The molecule has 5 aliphatic rings. The second-order valence-electron chi connectivity index (χ2n) is 9.13. The van der Waals surface area contributed by atoms with E-state index in [0.29, 0.717) is 0 Å². The van der Waals surface area contributed by atoms with Gasteiger partial charge in [0, 0.05) is 18.5 Å². The number of nitrogens with zero attached hydrogens (tertiary/aromatic N) is 1. The Kier molecular flexibility index (Phi) is 3.37. The Labute approximate surface area is 144 Å². The van der Waals surface area contributed by atoms with Gasteiger partial charge in [-0.15, -0.1) is 0 Å². The molecule has 0 radical (unpaired) electrons. The molecule has 0 unspecified atom stereocenters. The number of rotatable bonds is 2. The Morgan fingerprint density at radius 3 is 2.21 bits per heavy atom. The Morgan fingerprint density at radius 1 is 1.04 bits per heavy atom. The van der Waals surface area contributed by atoms with Crippen LogP contribution in [-0.2, 0) is 5.41 Å². The van der Waals surface area contributed by atoms with Gasteiger partial charge in [-0.05, 0) is 88.5 Å². The molecule has 1 amide bonds. The normalized spacial score (nSPS) is 37.9. The fourth-order valence-electron chi connectivity index (χ4n) is 6.64. The van der Waals surface area contributed by atoms with Gasteiger partial charge in [-0.3, -0.25) is 4.79 Å². The molecule has 3 heteroatoms. The summed E-state index contributed by atoms with van der Waals surface area (Å²) in [4.78, 5) is 15.0. The molecule has 4 bridgehead atoms. The van der Waals surface area contributed by atoms with Crippen molar-refractivity contribution in [2.24, 2.45) is 17.8 Å². The monoisotopic (exact) mass is 327 g/mol. The van der Waals surface area contributed by atoms with Gasteiger partial charge in [0.15, 0.2) is 0 Å². The predicted octanol–water partition coefficient (Wildman–Crippen LogP) is 4.68. The van der Waals surface area contributed by atoms with Crippen LogP contribution in [0.2, 0.25) is 0 Å². The van der Waals surface area contributed by atoms with Gasteiger partial charge in [0.1, 0.15) is 11.5 Å². The molecule has 1 saturated heterocycles. The van der Waals surface area contributed by atoms with Crippen LogP contribution in [0.25, 0.3) is 0 Å².